The summed E-state index contributed by atoms with van der Waals surface area (Å²) >= 11 is 0. The number of hydrogen-bond donors (Lipinski definition) is 3. The van der Waals surface area contributed by atoms with E-state index in [1.54, 1.807) is 0 Å². The summed E-state index contributed by atoms with van der Waals surface area (Å²) in [5.74, 6) is 0. The molecule has 5 heteroatoms. The highest BCUT2D eigenvalue weighted by Crippen LogP contribution is 2.18. The minimum atomic E-state index is -1.03. The Labute approximate surface area is 172 Å². The molecule has 28 heavy (non-hydrogen) atoms. The maximum atomic E-state index is 9.93. The Kier molecular flexibility index (Phi) is 15.9. The van der Waals surface area contributed by atoms with Crippen LogP contribution in [0.15, 0.2) is 12.2 Å². The lowest BCUT2D eigenvalue weighted by Gasteiger charge is -2.20. The van der Waals surface area contributed by atoms with E-state index in [1.165, 1.54) is 64.2 Å². The van der Waals surface area contributed by atoms with Gasteiger partial charge in [-0.1, -0.05) is 70.4 Å². The van der Waals surface area contributed by atoms with Crippen molar-refractivity contribution in [1.29, 1.82) is 0 Å². The van der Waals surface area contributed by atoms with Crippen LogP contribution >= 0.6 is 0 Å². The van der Waals surface area contributed by atoms with Crippen molar-refractivity contribution in [3.63, 3.8) is 0 Å². The first-order chi connectivity index (χ1) is 13.7. The monoisotopic (exact) mass is 400 g/mol. The van der Waals surface area contributed by atoms with Gasteiger partial charge in [-0.05, 0) is 32.1 Å². The highest BCUT2D eigenvalue weighted by atomic mass is 16.5. The zero-order valence-electron chi connectivity index (χ0n) is 17.9. The summed E-state index contributed by atoms with van der Waals surface area (Å²) in [7, 11) is 0. The first kappa shape index (κ1) is 25.6. The molecule has 0 aromatic carbocycles. The second-order valence-electron chi connectivity index (χ2n) is 8.08. The van der Waals surface area contributed by atoms with Gasteiger partial charge in [-0.3, -0.25) is 0 Å². The van der Waals surface area contributed by atoms with Crippen LogP contribution in [0.1, 0.15) is 90.4 Å². The number of ether oxygens (including phenoxy) is 2. The van der Waals surface area contributed by atoms with Crippen molar-refractivity contribution in [3.05, 3.63) is 12.2 Å². The predicted octanol–water partition coefficient (Wildman–Crippen LogP) is 4.13. The molecule has 0 bridgehead atoms. The zero-order valence-corrected chi connectivity index (χ0v) is 17.9. The molecule has 0 amide bonds. The molecule has 1 aliphatic rings. The van der Waals surface area contributed by atoms with Crippen molar-refractivity contribution in [2.75, 3.05) is 19.8 Å². The number of aliphatic hydroxyl groups is 3. The number of hydrogen-bond acceptors (Lipinski definition) is 5. The Bertz CT molecular complexity index is 374. The molecule has 1 fully saturated rings. The molecule has 1 heterocycles. The van der Waals surface area contributed by atoms with Crippen LogP contribution in [0, 0.1) is 0 Å². The molecule has 4 atom stereocenters. The normalized spacial score (nSPS) is 23.6. The quantitative estimate of drug-likeness (QED) is 0.238. The van der Waals surface area contributed by atoms with Crippen LogP contribution in [-0.4, -0.2) is 59.6 Å². The van der Waals surface area contributed by atoms with Gasteiger partial charge in [0.2, 0.25) is 0 Å². The minimum absolute atomic E-state index is 0.0659. The van der Waals surface area contributed by atoms with Crippen LogP contribution in [0.2, 0.25) is 0 Å². The van der Waals surface area contributed by atoms with E-state index >= 15 is 0 Å². The number of allylic oxidation sites excluding steroid dienone is 2. The van der Waals surface area contributed by atoms with E-state index < -0.39 is 24.4 Å². The Morgan fingerprint density at radius 2 is 1.46 bits per heavy atom. The van der Waals surface area contributed by atoms with Crippen molar-refractivity contribution in [3.8, 4) is 0 Å². The molecule has 5 nitrogen and oxygen atoms in total. The van der Waals surface area contributed by atoms with E-state index in [4.69, 9.17) is 9.47 Å². The lowest BCUT2D eigenvalue weighted by Crippen LogP contribution is -2.40. The van der Waals surface area contributed by atoms with Crippen molar-refractivity contribution >= 4 is 0 Å². The zero-order chi connectivity index (χ0) is 20.5. The summed E-state index contributed by atoms with van der Waals surface area (Å²) in [5, 5.41) is 29.0. The maximum Gasteiger partial charge on any atom is 0.114 e. The molecule has 0 radical (unpaired) electrons. The minimum Gasteiger partial charge on any atom is -0.388 e. The molecule has 0 aliphatic carbocycles. The molecule has 0 saturated carbocycles. The number of rotatable bonds is 18. The third-order valence-corrected chi connectivity index (χ3v) is 5.41. The van der Waals surface area contributed by atoms with Crippen LogP contribution in [-0.2, 0) is 9.47 Å². The van der Waals surface area contributed by atoms with Gasteiger partial charge in [0.25, 0.3) is 0 Å². The smallest absolute Gasteiger partial charge is 0.114 e. The molecular formula is C23H44O5. The molecule has 1 saturated heterocycles. The van der Waals surface area contributed by atoms with Crippen LogP contribution < -0.4 is 0 Å². The van der Waals surface area contributed by atoms with Crippen LogP contribution in [0.25, 0.3) is 0 Å². The number of aliphatic hydroxyl groups excluding tert-OH is 3. The Balaban J connectivity index is 1.80. The van der Waals surface area contributed by atoms with Crippen LogP contribution in [0.4, 0.5) is 0 Å². The lowest BCUT2D eigenvalue weighted by atomic mass is 10.1. The van der Waals surface area contributed by atoms with E-state index in [9.17, 15) is 15.3 Å². The molecule has 166 valence electrons. The molecule has 0 aromatic rings. The average Bonchev–Trinajstić information content (AvgIpc) is 3.03. The van der Waals surface area contributed by atoms with E-state index in [0.717, 1.165) is 19.3 Å². The third-order valence-electron chi connectivity index (χ3n) is 5.41. The second-order valence-corrected chi connectivity index (χ2v) is 8.08. The van der Waals surface area contributed by atoms with Crippen molar-refractivity contribution in [2.24, 2.45) is 0 Å². The molecule has 1 rings (SSSR count). The standard InChI is InChI=1S/C23H44O5/c1-2-3-4-5-6-7-8-9-10-11-12-13-14-15-16-17-27-18-21(25)23-22(26)20(24)19-28-23/h10-11,20-26H,2-9,12-19H2,1H3/b11-10+/t20-,21+,22-,23-/m1/s1. The molecular weight excluding hydrogens is 356 g/mol. The van der Waals surface area contributed by atoms with Crippen molar-refractivity contribution in [1.82, 2.24) is 0 Å². The average molecular weight is 401 g/mol. The van der Waals surface area contributed by atoms with Gasteiger partial charge in [0.1, 0.15) is 24.4 Å². The SMILES string of the molecule is CCCCCCCCC/C=C/CCCCCCOC[C@H](O)[C@H]1OC[C@@H](O)[C@H]1O. The van der Waals surface area contributed by atoms with E-state index in [0.29, 0.717) is 6.61 Å². The predicted molar refractivity (Wildman–Crippen MR) is 113 cm³/mol. The van der Waals surface area contributed by atoms with Gasteiger partial charge in [-0.2, -0.15) is 0 Å². The fourth-order valence-corrected chi connectivity index (χ4v) is 3.54. The summed E-state index contributed by atoms with van der Waals surface area (Å²) in [4.78, 5) is 0. The van der Waals surface area contributed by atoms with Crippen molar-refractivity contribution in [2.45, 2.75) is 115 Å². The first-order valence-electron chi connectivity index (χ1n) is 11.5. The van der Waals surface area contributed by atoms with E-state index in [-0.39, 0.29) is 13.2 Å². The lowest BCUT2D eigenvalue weighted by molar-refractivity contribution is -0.0813. The largest absolute Gasteiger partial charge is 0.388 e. The Morgan fingerprint density at radius 1 is 0.893 bits per heavy atom. The summed E-state index contributed by atoms with van der Waals surface area (Å²) in [6.07, 6.45) is 17.6. The Hall–Kier alpha value is -0.460. The molecule has 3 N–H and O–H groups in total. The Morgan fingerprint density at radius 3 is 2.04 bits per heavy atom. The molecule has 0 aromatic heterocycles. The van der Waals surface area contributed by atoms with Gasteiger partial charge in [-0.15, -0.1) is 0 Å². The fraction of sp³-hybridized carbons (Fsp3) is 0.913. The summed E-state index contributed by atoms with van der Waals surface area (Å²) < 4.78 is 10.7. The maximum absolute atomic E-state index is 9.93. The van der Waals surface area contributed by atoms with E-state index in [2.05, 4.69) is 19.1 Å². The summed E-state index contributed by atoms with van der Waals surface area (Å²) in [6.45, 7) is 3.07. The molecule has 0 unspecified atom stereocenters. The highest BCUT2D eigenvalue weighted by molar-refractivity contribution is 4.87. The summed E-state index contributed by atoms with van der Waals surface area (Å²) in [5.41, 5.74) is 0. The van der Waals surface area contributed by atoms with Crippen LogP contribution in [0.5, 0.6) is 0 Å². The second kappa shape index (κ2) is 17.4. The highest BCUT2D eigenvalue weighted by Gasteiger charge is 2.39. The van der Waals surface area contributed by atoms with Gasteiger partial charge in [0.15, 0.2) is 0 Å². The number of unbranched alkanes of at least 4 members (excludes halogenated alkanes) is 11. The fourth-order valence-electron chi connectivity index (χ4n) is 3.54. The third kappa shape index (κ3) is 12.2. The van der Waals surface area contributed by atoms with Crippen LogP contribution in [0.3, 0.4) is 0 Å². The van der Waals surface area contributed by atoms with E-state index in [1.807, 2.05) is 0 Å². The summed E-state index contributed by atoms with van der Waals surface area (Å²) in [6, 6.07) is 0. The molecule has 0 spiro atoms. The van der Waals surface area contributed by atoms with Gasteiger partial charge < -0.3 is 24.8 Å². The van der Waals surface area contributed by atoms with Gasteiger partial charge >= 0.3 is 0 Å². The van der Waals surface area contributed by atoms with Crippen molar-refractivity contribution < 1.29 is 24.8 Å². The van der Waals surface area contributed by atoms with Gasteiger partial charge in [0, 0.05) is 6.61 Å². The molecule has 1 aliphatic heterocycles. The topological polar surface area (TPSA) is 79.2 Å². The van der Waals surface area contributed by atoms with Gasteiger partial charge in [-0.25, -0.2) is 0 Å². The van der Waals surface area contributed by atoms with Gasteiger partial charge in [0.05, 0.1) is 13.2 Å². The first-order valence-corrected chi connectivity index (χ1v) is 11.5.